The van der Waals surface area contributed by atoms with Gasteiger partial charge in [0.2, 0.25) is 0 Å². The monoisotopic (exact) mass is 347 g/mol. The summed E-state index contributed by atoms with van der Waals surface area (Å²) < 4.78 is 26.9. The zero-order valence-corrected chi connectivity index (χ0v) is 13.2. The van der Waals surface area contributed by atoms with E-state index in [0.29, 0.717) is 17.1 Å². The number of nitrogens with zero attached hydrogens (tertiary/aromatic N) is 3. The lowest BCUT2D eigenvalue weighted by molar-refractivity contribution is 0.600. The molecule has 21 heavy (non-hydrogen) atoms. The molecular formula is C11H11Cl2N5O2S. The molecule has 2 N–H and O–H groups in total. The molecule has 0 atom stereocenters. The molecule has 0 saturated carbocycles. The molecule has 2 aromatic rings. The van der Waals surface area contributed by atoms with Crippen molar-refractivity contribution in [3.05, 3.63) is 40.1 Å². The van der Waals surface area contributed by atoms with E-state index in [1.165, 1.54) is 24.5 Å². The second-order valence-electron chi connectivity index (χ2n) is 3.94. The summed E-state index contributed by atoms with van der Waals surface area (Å²) in [5, 5.41) is 10.4. The van der Waals surface area contributed by atoms with Crippen LogP contribution in [0.1, 0.15) is 5.56 Å². The van der Waals surface area contributed by atoms with Crippen LogP contribution in [0.15, 0.2) is 29.4 Å². The summed E-state index contributed by atoms with van der Waals surface area (Å²) in [6.07, 6.45) is 2.65. The number of anilines is 1. The van der Waals surface area contributed by atoms with Gasteiger partial charge >= 0.3 is 0 Å². The molecule has 0 bridgehead atoms. The molecule has 0 aliphatic rings. The molecule has 1 heterocycles. The standard InChI is InChI=1S/C11H11Cl2N5O2S/c1-14-6-7-8(12)2-3-9(10(7)13)21(19,20)18-11-15-4-5-16-17-11/h2-5,14H,6H2,1H3,(H,15,17,18). The van der Waals surface area contributed by atoms with E-state index in [4.69, 9.17) is 23.2 Å². The number of sulfonamides is 1. The van der Waals surface area contributed by atoms with Crippen LogP contribution in [-0.4, -0.2) is 30.6 Å². The molecule has 0 radical (unpaired) electrons. The summed E-state index contributed by atoms with van der Waals surface area (Å²) in [6.45, 7) is 0.338. The third-order valence-electron chi connectivity index (χ3n) is 2.50. The average molecular weight is 348 g/mol. The van der Waals surface area contributed by atoms with Gasteiger partial charge in [-0.1, -0.05) is 23.2 Å². The van der Waals surface area contributed by atoms with Crippen LogP contribution in [-0.2, 0) is 16.6 Å². The van der Waals surface area contributed by atoms with Gasteiger partial charge < -0.3 is 5.32 Å². The Balaban J connectivity index is 2.43. The first kappa shape index (κ1) is 15.9. The largest absolute Gasteiger partial charge is 0.316 e. The number of hydrogen-bond acceptors (Lipinski definition) is 6. The third-order valence-corrected chi connectivity index (χ3v) is 4.77. The first-order valence-electron chi connectivity index (χ1n) is 5.73. The molecule has 2 rings (SSSR count). The van der Waals surface area contributed by atoms with Gasteiger partial charge in [0.25, 0.3) is 16.0 Å². The van der Waals surface area contributed by atoms with Gasteiger partial charge in [-0.15, -0.1) is 5.10 Å². The molecule has 0 spiro atoms. The van der Waals surface area contributed by atoms with Crippen LogP contribution in [0.5, 0.6) is 0 Å². The van der Waals surface area contributed by atoms with Crippen LogP contribution in [0.4, 0.5) is 5.95 Å². The zero-order chi connectivity index (χ0) is 15.5. The smallest absolute Gasteiger partial charge is 0.265 e. The number of benzene rings is 1. The Kier molecular flexibility index (Phi) is 4.94. The Hall–Kier alpha value is -1.48. The fourth-order valence-electron chi connectivity index (χ4n) is 1.59. The average Bonchev–Trinajstić information content (AvgIpc) is 2.43. The molecule has 0 amide bonds. The van der Waals surface area contributed by atoms with Gasteiger partial charge in [0.15, 0.2) is 0 Å². The summed E-state index contributed by atoms with van der Waals surface area (Å²) in [6, 6.07) is 2.79. The highest BCUT2D eigenvalue weighted by atomic mass is 35.5. The van der Waals surface area contributed by atoms with E-state index < -0.39 is 10.0 Å². The molecule has 0 aliphatic carbocycles. The number of nitrogens with one attached hydrogen (secondary N) is 2. The Morgan fingerprint density at radius 3 is 2.62 bits per heavy atom. The van der Waals surface area contributed by atoms with Crippen molar-refractivity contribution in [1.29, 1.82) is 0 Å². The normalized spacial score (nSPS) is 11.4. The summed E-state index contributed by atoms with van der Waals surface area (Å²) in [4.78, 5) is 3.64. The van der Waals surface area contributed by atoms with E-state index in [1.54, 1.807) is 7.05 Å². The van der Waals surface area contributed by atoms with E-state index in [-0.39, 0.29) is 15.9 Å². The Labute approximate surface area is 131 Å². The van der Waals surface area contributed by atoms with E-state index in [1.807, 2.05) is 0 Å². The second-order valence-corrected chi connectivity index (χ2v) is 6.38. The molecule has 0 unspecified atom stereocenters. The first-order valence-corrected chi connectivity index (χ1v) is 7.97. The Bertz CT molecular complexity index is 740. The fourth-order valence-corrected chi connectivity index (χ4v) is 3.45. The van der Waals surface area contributed by atoms with Crippen molar-refractivity contribution < 1.29 is 8.42 Å². The summed E-state index contributed by atoms with van der Waals surface area (Å²) in [5.74, 6) is -0.140. The Morgan fingerprint density at radius 2 is 2.00 bits per heavy atom. The van der Waals surface area contributed by atoms with E-state index >= 15 is 0 Å². The highest BCUT2D eigenvalue weighted by Crippen LogP contribution is 2.31. The third kappa shape index (κ3) is 3.59. The SMILES string of the molecule is CNCc1c(Cl)ccc(S(=O)(=O)Nc2nccnn2)c1Cl. The lowest BCUT2D eigenvalue weighted by atomic mass is 10.2. The summed E-state index contributed by atoms with van der Waals surface area (Å²) >= 11 is 12.2. The molecule has 0 saturated heterocycles. The van der Waals surface area contributed by atoms with Gasteiger partial charge in [-0.05, 0) is 19.2 Å². The number of rotatable bonds is 5. The molecule has 0 fully saturated rings. The van der Waals surface area contributed by atoms with Crippen molar-refractivity contribution in [2.75, 3.05) is 11.8 Å². The van der Waals surface area contributed by atoms with E-state index in [0.717, 1.165) is 0 Å². The van der Waals surface area contributed by atoms with Crippen LogP contribution in [0.2, 0.25) is 10.0 Å². The first-order chi connectivity index (χ1) is 9.95. The minimum absolute atomic E-state index is 0.0493. The lowest BCUT2D eigenvalue weighted by Crippen LogP contribution is -2.17. The predicted molar refractivity (Wildman–Crippen MR) is 79.9 cm³/mol. The quantitative estimate of drug-likeness (QED) is 0.854. The number of aromatic nitrogens is 3. The molecule has 1 aromatic heterocycles. The van der Waals surface area contributed by atoms with Crippen molar-refractivity contribution in [2.45, 2.75) is 11.4 Å². The van der Waals surface area contributed by atoms with Gasteiger partial charge in [-0.2, -0.15) is 5.10 Å². The second kappa shape index (κ2) is 6.52. The van der Waals surface area contributed by atoms with Gasteiger partial charge in [-0.25, -0.2) is 18.1 Å². The van der Waals surface area contributed by atoms with Crippen LogP contribution in [0, 0.1) is 0 Å². The summed E-state index contributed by atoms with van der Waals surface area (Å²) in [7, 11) is -2.23. The van der Waals surface area contributed by atoms with Crippen molar-refractivity contribution in [1.82, 2.24) is 20.5 Å². The highest BCUT2D eigenvalue weighted by Gasteiger charge is 2.22. The molecular weight excluding hydrogens is 337 g/mol. The van der Waals surface area contributed by atoms with Crippen LogP contribution in [0.3, 0.4) is 0 Å². The lowest BCUT2D eigenvalue weighted by Gasteiger charge is -2.12. The topological polar surface area (TPSA) is 96.9 Å². The van der Waals surface area contributed by atoms with Crippen molar-refractivity contribution >= 4 is 39.2 Å². The maximum absolute atomic E-state index is 12.3. The Morgan fingerprint density at radius 1 is 1.24 bits per heavy atom. The number of hydrogen-bond donors (Lipinski definition) is 2. The minimum Gasteiger partial charge on any atom is -0.316 e. The highest BCUT2D eigenvalue weighted by molar-refractivity contribution is 7.92. The maximum atomic E-state index is 12.3. The van der Waals surface area contributed by atoms with Crippen molar-refractivity contribution in [2.24, 2.45) is 0 Å². The molecule has 10 heteroatoms. The predicted octanol–water partition coefficient (Wildman–Crippen LogP) is 1.70. The van der Waals surface area contributed by atoms with Gasteiger partial charge in [0.05, 0.1) is 17.4 Å². The van der Waals surface area contributed by atoms with Crippen LogP contribution >= 0.6 is 23.2 Å². The molecule has 1 aromatic carbocycles. The van der Waals surface area contributed by atoms with Gasteiger partial charge in [0.1, 0.15) is 4.90 Å². The van der Waals surface area contributed by atoms with E-state index in [9.17, 15) is 8.42 Å². The van der Waals surface area contributed by atoms with Crippen molar-refractivity contribution in [3.8, 4) is 0 Å². The van der Waals surface area contributed by atoms with Crippen LogP contribution < -0.4 is 10.0 Å². The van der Waals surface area contributed by atoms with Crippen LogP contribution in [0.25, 0.3) is 0 Å². The molecule has 112 valence electrons. The maximum Gasteiger partial charge on any atom is 0.265 e. The van der Waals surface area contributed by atoms with E-state index in [2.05, 4.69) is 25.2 Å². The summed E-state index contributed by atoms with van der Waals surface area (Å²) in [5.41, 5.74) is 0.496. The molecule has 0 aliphatic heterocycles. The number of halogens is 2. The van der Waals surface area contributed by atoms with Gasteiger partial charge in [0, 0.05) is 17.1 Å². The zero-order valence-electron chi connectivity index (χ0n) is 10.8. The molecule has 7 nitrogen and oxygen atoms in total. The van der Waals surface area contributed by atoms with Crippen molar-refractivity contribution in [3.63, 3.8) is 0 Å². The fraction of sp³-hybridized carbons (Fsp3) is 0.182. The van der Waals surface area contributed by atoms with Gasteiger partial charge in [-0.3, -0.25) is 0 Å². The minimum atomic E-state index is -3.93.